The molecule has 0 amide bonds. The van der Waals surface area contributed by atoms with Crippen molar-refractivity contribution in [3.05, 3.63) is 0 Å². The minimum absolute atomic E-state index is 0.0503. The largest absolute Gasteiger partial charge is 0.453 e. The molecule has 0 aliphatic rings. The molecule has 0 bridgehead atoms. The number of rotatable bonds is 7. The van der Waals surface area contributed by atoms with Crippen LogP contribution in [0.5, 0.6) is 0 Å². The lowest BCUT2D eigenvalue weighted by atomic mass is 9.83. The van der Waals surface area contributed by atoms with E-state index in [4.69, 9.17) is 9.47 Å². The summed E-state index contributed by atoms with van der Waals surface area (Å²) in [5.74, 6) is -0.549. The van der Waals surface area contributed by atoms with E-state index < -0.39 is 23.6 Å². The average Bonchev–Trinajstić information content (AvgIpc) is 2.26. The van der Waals surface area contributed by atoms with Crippen LogP contribution in [0.25, 0.3) is 0 Å². The van der Waals surface area contributed by atoms with E-state index in [0.717, 1.165) is 0 Å². The summed E-state index contributed by atoms with van der Waals surface area (Å²) in [4.78, 5) is 23.8. The molecule has 0 N–H and O–H groups in total. The maximum atomic E-state index is 12.1. The van der Waals surface area contributed by atoms with Crippen LogP contribution >= 0.6 is 0 Å². The Morgan fingerprint density at radius 3 is 1.94 bits per heavy atom. The molecule has 2 unspecified atom stereocenters. The molecule has 0 aromatic heterocycles. The number of Topliss-reactive ketones (excluding diaryl/α,β-unsaturated/α-hetero) is 1. The van der Waals surface area contributed by atoms with Crippen LogP contribution in [0.3, 0.4) is 0 Å². The van der Waals surface area contributed by atoms with E-state index in [2.05, 4.69) is 0 Å². The fourth-order valence-electron chi connectivity index (χ4n) is 1.51. The van der Waals surface area contributed by atoms with Gasteiger partial charge < -0.3 is 9.47 Å². The first-order valence-corrected chi connectivity index (χ1v) is 6.52. The Balaban J connectivity index is 4.44. The van der Waals surface area contributed by atoms with Crippen LogP contribution in [0.4, 0.5) is 0 Å². The molecule has 0 aromatic carbocycles. The quantitative estimate of drug-likeness (QED) is 0.659. The van der Waals surface area contributed by atoms with Crippen LogP contribution in [0.15, 0.2) is 0 Å². The molecule has 0 saturated carbocycles. The smallest absolute Gasteiger partial charge is 0.335 e. The summed E-state index contributed by atoms with van der Waals surface area (Å²) in [6.45, 7) is 12.6. The van der Waals surface area contributed by atoms with Crippen molar-refractivity contribution in [2.45, 2.75) is 73.2 Å². The molecule has 0 saturated heterocycles. The molecule has 0 aliphatic heterocycles. The van der Waals surface area contributed by atoms with E-state index in [1.165, 1.54) is 0 Å². The van der Waals surface area contributed by atoms with Gasteiger partial charge in [-0.05, 0) is 34.1 Å². The maximum absolute atomic E-state index is 12.1. The second-order valence-electron chi connectivity index (χ2n) is 5.51. The second kappa shape index (κ2) is 6.88. The van der Waals surface area contributed by atoms with Crippen molar-refractivity contribution < 1.29 is 19.1 Å². The highest BCUT2D eigenvalue weighted by Gasteiger charge is 2.32. The van der Waals surface area contributed by atoms with Crippen LogP contribution in [0.1, 0.15) is 54.9 Å². The van der Waals surface area contributed by atoms with Crippen LogP contribution < -0.4 is 0 Å². The first kappa shape index (κ1) is 17.1. The zero-order valence-corrected chi connectivity index (χ0v) is 12.6. The minimum Gasteiger partial charge on any atom is -0.453 e. The number of ketones is 1. The summed E-state index contributed by atoms with van der Waals surface area (Å²) in [7, 11) is 0. The van der Waals surface area contributed by atoms with E-state index in [1.807, 2.05) is 34.6 Å². The van der Waals surface area contributed by atoms with Crippen molar-refractivity contribution in [3.63, 3.8) is 0 Å². The van der Waals surface area contributed by atoms with Gasteiger partial charge in [0.2, 0.25) is 0 Å². The van der Waals surface area contributed by atoms with Crippen molar-refractivity contribution in [1.29, 1.82) is 0 Å². The highest BCUT2D eigenvalue weighted by Crippen LogP contribution is 2.23. The number of hydrogen-bond acceptors (Lipinski definition) is 4. The molecule has 0 aromatic rings. The molecule has 0 aliphatic carbocycles. The third-order valence-corrected chi connectivity index (χ3v) is 3.02. The Morgan fingerprint density at radius 2 is 1.56 bits per heavy atom. The number of carbonyl (C=O) groups excluding carboxylic acids is 2. The zero-order valence-electron chi connectivity index (χ0n) is 12.6. The van der Waals surface area contributed by atoms with Crippen molar-refractivity contribution in [2.24, 2.45) is 5.41 Å². The van der Waals surface area contributed by atoms with E-state index in [9.17, 15) is 9.59 Å². The Morgan fingerprint density at radius 1 is 1.06 bits per heavy atom. The molecular formula is C14H26O4. The van der Waals surface area contributed by atoms with Gasteiger partial charge in [-0.1, -0.05) is 20.8 Å². The molecule has 0 rings (SSSR count). The lowest BCUT2D eigenvalue weighted by Crippen LogP contribution is -2.38. The molecule has 106 valence electrons. The number of esters is 1. The van der Waals surface area contributed by atoms with Gasteiger partial charge in [0.1, 0.15) is 0 Å². The van der Waals surface area contributed by atoms with Gasteiger partial charge >= 0.3 is 5.97 Å². The molecule has 2 atom stereocenters. The molecule has 0 heterocycles. The monoisotopic (exact) mass is 258 g/mol. The van der Waals surface area contributed by atoms with Crippen molar-refractivity contribution in [1.82, 2.24) is 0 Å². The highest BCUT2D eigenvalue weighted by atomic mass is 16.6. The van der Waals surface area contributed by atoms with Gasteiger partial charge in [0, 0.05) is 5.41 Å². The van der Waals surface area contributed by atoms with Gasteiger partial charge in [0.05, 0.1) is 6.10 Å². The Labute approximate surface area is 110 Å². The first-order valence-electron chi connectivity index (χ1n) is 6.52. The summed E-state index contributed by atoms with van der Waals surface area (Å²) in [5.41, 5.74) is -0.470. The molecule has 0 spiro atoms. The number of carbonyl (C=O) groups is 2. The Hall–Kier alpha value is -0.900. The third kappa shape index (κ3) is 5.17. The topological polar surface area (TPSA) is 52.6 Å². The Bertz CT molecular complexity index is 294. The predicted octanol–water partition coefficient (Wildman–Crippen LogP) is 2.74. The van der Waals surface area contributed by atoms with Gasteiger partial charge in [-0.2, -0.15) is 0 Å². The molecular weight excluding hydrogens is 232 g/mol. The van der Waals surface area contributed by atoms with Gasteiger partial charge in [-0.3, -0.25) is 4.79 Å². The first-order chi connectivity index (χ1) is 8.11. The highest BCUT2D eigenvalue weighted by molar-refractivity contribution is 5.90. The summed E-state index contributed by atoms with van der Waals surface area (Å²) in [5, 5.41) is 0. The lowest BCUT2D eigenvalue weighted by molar-refractivity contribution is -0.168. The van der Waals surface area contributed by atoms with Crippen LogP contribution in [0, 0.1) is 5.41 Å². The van der Waals surface area contributed by atoms with Gasteiger partial charge in [-0.15, -0.1) is 0 Å². The predicted molar refractivity (Wildman–Crippen MR) is 70.3 cm³/mol. The van der Waals surface area contributed by atoms with Gasteiger partial charge in [0.15, 0.2) is 18.0 Å². The van der Waals surface area contributed by atoms with E-state index in [-0.39, 0.29) is 11.9 Å². The van der Waals surface area contributed by atoms with Crippen molar-refractivity contribution in [3.8, 4) is 0 Å². The third-order valence-electron chi connectivity index (χ3n) is 3.02. The van der Waals surface area contributed by atoms with Crippen LogP contribution in [-0.2, 0) is 19.1 Å². The molecule has 4 heteroatoms. The van der Waals surface area contributed by atoms with E-state index in [1.54, 1.807) is 13.8 Å². The van der Waals surface area contributed by atoms with Gasteiger partial charge in [-0.25, -0.2) is 4.79 Å². The standard InChI is InChI=1S/C14H26O4/c1-8-14(6,7)12(15)10(4)18-13(16)11(5)17-9(2)3/h9-11H,8H2,1-7H3. The SMILES string of the molecule is CCC(C)(C)C(=O)C(C)OC(=O)C(C)OC(C)C. The fraction of sp³-hybridized carbons (Fsp3) is 0.857. The molecule has 4 nitrogen and oxygen atoms in total. The average molecular weight is 258 g/mol. The molecule has 18 heavy (non-hydrogen) atoms. The maximum Gasteiger partial charge on any atom is 0.335 e. The number of hydrogen-bond donors (Lipinski definition) is 0. The van der Waals surface area contributed by atoms with Gasteiger partial charge in [0.25, 0.3) is 0 Å². The summed E-state index contributed by atoms with van der Waals surface area (Å²) in [6.07, 6.45) is -0.715. The van der Waals surface area contributed by atoms with Crippen molar-refractivity contribution >= 4 is 11.8 Å². The molecule has 0 radical (unpaired) electrons. The fourth-order valence-corrected chi connectivity index (χ4v) is 1.51. The van der Waals surface area contributed by atoms with Crippen molar-refractivity contribution in [2.75, 3.05) is 0 Å². The second-order valence-corrected chi connectivity index (χ2v) is 5.51. The van der Waals surface area contributed by atoms with E-state index in [0.29, 0.717) is 6.42 Å². The number of ether oxygens (including phenoxy) is 2. The molecule has 0 fully saturated rings. The Kier molecular flexibility index (Phi) is 6.54. The van der Waals surface area contributed by atoms with Crippen LogP contribution in [0.2, 0.25) is 0 Å². The zero-order chi connectivity index (χ0) is 14.5. The van der Waals surface area contributed by atoms with E-state index >= 15 is 0 Å². The van der Waals surface area contributed by atoms with Crippen LogP contribution in [-0.4, -0.2) is 30.1 Å². The summed E-state index contributed by atoms with van der Waals surface area (Å²) < 4.78 is 10.5. The summed E-state index contributed by atoms with van der Waals surface area (Å²) >= 11 is 0. The normalized spacial score (nSPS) is 15.3. The lowest BCUT2D eigenvalue weighted by Gasteiger charge is -2.25. The summed E-state index contributed by atoms with van der Waals surface area (Å²) in [6, 6.07) is 0. The minimum atomic E-state index is -0.731.